The van der Waals surface area contributed by atoms with Crippen LogP contribution >= 0.6 is 0 Å². The van der Waals surface area contributed by atoms with Crippen LogP contribution in [0.15, 0.2) is 0 Å². The first-order valence-electron chi connectivity index (χ1n) is 4.39. The van der Waals surface area contributed by atoms with Crippen LogP contribution in [0.5, 0.6) is 0 Å². The van der Waals surface area contributed by atoms with Crippen molar-refractivity contribution in [3.05, 3.63) is 34.6 Å². The fraction of sp³-hybridized carbons (Fsp3) is 0.273. The van der Waals surface area contributed by atoms with Gasteiger partial charge in [0.1, 0.15) is 5.56 Å². The summed E-state index contributed by atoms with van der Waals surface area (Å²) in [6, 6.07) is 0. The van der Waals surface area contributed by atoms with Gasteiger partial charge in [0.2, 0.25) is 5.82 Å². The predicted octanol–water partition coefficient (Wildman–Crippen LogP) is 3.39. The van der Waals surface area contributed by atoms with Crippen molar-refractivity contribution < 1.29 is 22.0 Å². The van der Waals surface area contributed by atoms with Gasteiger partial charge in [-0.1, -0.05) is 25.7 Å². The predicted molar refractivity (Wildman–Crippen MR) is 47.9 cm³/mol. The van der Waals surface area contributed by atoms with Gasteiger partial charge in [-0.25, -0.2) is 22.0 Å². The average molecular weight is 234 g/mol. The molecule has 1 aromatic rings. The van der Waals surface area contributed by atoms with Gasteiger partial charge in [0.25, 0.3) is 0 Å². The molecule has 0 nitrogen and oxygen atoms in total. The Balaban J connectivity index is 3.48. The van der Waals surface area contributed by atoms with E-state index in [4.69, 9.17) is 0 Å². The van der Waals surface area contributed by atoms with Crippen LogP contribution in [0.2, 0.25) is 0 Å². The molecule has 5 heteroatoms. The molecule has 0 fully saturated rings. The topological polar surface area (TPSA) is 0 Å². The third-order valence-electron chi connectivity index (χ3n) is 1.70. The van der Waals surface area contributed by atoms with Crippen LogP contribution in [0, 0.1) is 46.8 Å². The maximum absolute atomic E-state index is 13.0. The molecule has 0 unspecified atom stereocenters. The van der Waals surface area contributed by atoms with Gasteiger partial charge in [0.05, 0.1) is 0 Å². The van der Waals surface area contributed by atoms with E-state index in [1.807, 2.05) is 5.92 Å². The molecule has 1 rings (SSSR count). The zero-order valence-electron chi connectivity index (χ0n) is 8.47. The van der Waals surface area contributed by atoms with Gasteiger partial charge in [0.15, 0.2) is 23.3 Å². The third kappa shape index (κ3) is 2.16. The molecule has 86 valence electrons. The fourth-order valence-electron chi connectivity index (χ4n) is 0.931. The molecular formula is C11H7F5. The molecule has 0 aromatic heterocycles. The van der Waals surface area contributed by atoms with Crippen molar-refractivity contribution in [1.82, 2.24) is 0 Å². The lowest BCUT2D eigenvalue weighted by Gasteiger charge is -2.02. The molecule has 0 saturated heterocycles. The molecule has 0 amide bonds. The highest BCUT2D eigenvalue weighted by molar-refractivity contribution is 5.38. The molecular weight excluding hydrogens is 227 g/mol. The summed E-state index contributed by atoms with van der Waals surface area (Å²) in [5.41, 5.74) is -1.09. The van der Waals surface area contributed by atoms with E-state index in [0.29, 0.717) is 0 Å². The zero-order valence-corrected chi connectivity index (χ0v) is 8.47. The highest BCUT2D eigenvalue weighted by Gasteiger charge is 2.24. The Morgan fingerprint density at radius 3 is 1.50 bits per heavy atom. The molecule has 0 heterocycles. The molecule has 0 saturated carbocycles. The second-order valence-electron chi connectivity index (χ2n) is 3.37. The number of rotatable bonds is 0. The van der Waals surface area contributed by atoms with Crippen molar-refractivity contribution in [3.8, 4) is 11.8 Å². The molecule has 0 atom stereocenters. The lowest BCUT2D eigenvalue weighted by atomic mass is 10.1. The van der Waals surface area contributed by atoms with E-state index in [0.717, 1.165) is 0 Å². The molecule has 1 aromatic carbocycles. The zero-order chi connectivity index (χ0) is 12.5. The van der Waals surface area contributed by atoms with Gasteiger partial charge in [0, 0.05) is 5.92 Å². The van der Waals surface area contributed by atoms with E-state index >= 15 is 0 Å². The van der Waals surface area contributed by atoms with Crippen LogP contribution in [-0.2, 0) is 0 Å². The Morgan fingerprint density at radius 2 is 1.12 bits per heavy atom. The standard InChI is InChI=1S/C11H7F5/c1-5(2)3-4-6-7(12)9(14)11(16)10(15)8(6)13/h5H,1-2H3. The molecule has 0 aliphatic rings. The Morgan fingerprint density at radius 1 is 0.750 bits per heavy atom. The summed E-state index contributed by atoms with van der Waals surface area (Å²) in [7, 11) is 0. The largest absolute Gasteiger partial charge is 0.202 e. The summed E-state index contributed by atoms with van der Waals surface area (Å²) in [5.74, 6) is -5.90. The van der Waals surface area contributed by atoms with Gasteiger partial charge in [-0.05, 0) is 0 Å². The van der Waals surface area contributed by atoms with Crippen molar-refractivity contribution in [2.24, 2.45) is 5.92 Å². The summed E-state index contributed by atoms with van der Waals surface area (Å²) in [6.07, 6.45) is 0. The number of hydrogen-bond donors (Lipinski definition) is 0. The van der Waals surface area contributed by atoms with Gasteiger partial charge >= 0.3 is 0 Å². The van der Waals surface area contributed by atoms with E-state index in [1.165, 1.54) is 0 Å². The van der Waals surface area contributed by atoms with E-state index in [2.05, 4.69) is 5.92 Å². The summed E-state index contributed by atoms with van der Waals surface area (Å²) in [5, 5.41) is 0. The third-order valence-corrected chi connectivity index (χ3v) is 1.70. The molecule has 0 bridgehead atoms. The first-order valence-corrected chi connectivity index (χ1v) is 4.39. The van der Waals surface area contributed by atoms with Crippen molar-refractivity contribution in [1.29, 1.82) is 0 Å². The number of halogens is 5. The van der Waals surface area contributed by atoms with E-state index < -0.39 is 34.6 Å². The Bertz CT molecular complexity index is 450. The smallest absolute Gasteiger partial charge is 0.200 e. The van der Waals surface area contributed by atoms with Crippen molar-refractivity contribution >= 4 is 0 Å². The fourth-order valence-corrected chi connectivity index (χ4v) is 0.931. The van der Waals surface area contributed by atoms with Crippen molar-refractivity contribution in [2.75, 3.05) is 0 Å². The van der Waals surface area contributed by atoms with Crippen LogP contribution in [0.4, 0.5) is 22.0 Å². The highest BCUT2D eigenvalue weighted by atomic mass is 19.2. The van der Waals surface area contributed by atoms with Gasteiger partial charge in [-0.15, -0.1) is 0 Å². The van der Waals surface area contributed by atoms with Gasteiger partial charge in [-0.2, -0.15) is 0 Å². The number of hydrogen-bond acceptors (Lipinski definition) is 0. The molecule has 0 N–H and O–H groups in total. The SMILES string of the molecule is CC(C)C#Cc1c(F)c(F)c(F)c(F)c1F. The normalized spacial score (nSPS) is 10.2. The van der Waals surface area contributed by atoms with Gasteiger partial charge < -0.3 is 0 Å². The van der Waals surface area contributed by atoms with Gasteiger partial charge in [-0.3, -0.25) is 0 Å². The van der Waals surface area contributed by atoms with Crippen LogP contribution in [-0.4, -0.2) is 0 Å². The van der Waals surface area contributed by atoms with E-state index in [-0.39, 0.29) is 5.92 Å². The molecule has 0 aliphatic carbocycles. The first-order chi connectivity index (χ1) is 7.36. The van der Waals surface area contributed by atoms with Crippen molar-refractivity contribution in [2.45, 2.75) is 13.8 Å². The molecule has 0 radical (unpaired) electrons. The maximum atomic E-state index is 13.0. The lowest BCUT2D eigenvalue weighted by Crippen LogP contribution is -2.04. The summed E-state index contributed by atoms with van der Waals surface area (Å²) >= 11 is 0. The first kappa shape index (κ1) is 12.5. The summed E-state index contributed by atoms with van der Waals surface area (Å²) in [4.78, 5) is 0. The second-order valence-corrected chi connectivity index (χ2v) is 3.37. The minimum absolute atomic E-state index is 0.241. The summed E-state index contributed by atoms with van der Waals surface area (Å²) in [6.45, 7) is 3.25. The van der Waals surface area contributed by atoms with Crippen LogP contribution in [0.25, 0.3) is 0 Å². The summed E-state index contributed by atoms with van der Waals surface area (Å²) < 4.78 is 64.1. The Labute approximate surface area is 89.1 Å². The molecule has 0 aliphatic heterocycles. The molecule has 0 spiro atoms. The lowest BCUT2D eigenvalue weighted by molar-refractivity contribution is 0.376. The quantitative estimate of drug-likeness (QED) is 0.279. The monoisotopic (exact) mass is 234 g/mol. The minimum Gasteiger partial charge on any atom is -0.202 e. The second kappa shape index (κ2) is 4.52. The minimum atomic E-state index is -2.18. The van der Waals surface area contributed by atoms with Crippen molar-refractivity contribution in [3.63, 3.8) is 0 Å². The van der Waals surface area contributed by atoms with Crippen LogP contribution in [0.1, 0.15) is 19.4 Å². The molecule has 16 heavy (non-hydrogen) atoms. The maximum Gasteiger partial charge on any atom is 0.200 e. The number of benzene rings is 1. The average Bonchev–Trinajstić information content (AvgIpc) is 2.23. The Hall–Kier alpha value is -1.57. The van der Waals surface area contributed by atoms with Crippen LogP contribution < -0.4 is 0 Å². The van der Waals surface area contributed by atoms with Crippen LogP contribution in [0.3, 0.4) is 0 Å². The van der Waals surface area contributed by atoms with E-state index in [1.54, 1.807) is 13.8 Å². The Kier molecular flexibility index (Phi) is 3.53. The highest BCUT2D eigenvalue weighted by Crippen LogP contribution is 2.22. The van der Waals surface area contributed by atoms with E-state index in [9.17, 15) is 22.0 Å².